The third kappa shape index (κ3) is 4.34. The molecular formula is C19H22N2O3S. The number of hydrogen-bond acceptors (Lipinski definition) is 4. The molecule has 0 aromatic heterocycles. The van der Waals surface area contributed by atoms with Crippen molar-refractivity contribution in [1.82, 2.24) is 4.31 Å². The minimum Gasteiger partial charge on any atom is -0.379 e. The minimum absolute atomic E-state index is 0.269. The summed E-state index contributed by atoms with van der Waals surface area (Å²) in [5.41, 5.74) is 2.88. The SMILES string of the molecule is CCc1ccc(C=Nc2cccc(S(=O)(=O)N3CCOCC3)c2)cc1. The molecule has 0 aliphatic carbocycles. The molecule has 1 aliphatic heterocycles. The van der Waals surface area contributed by atoms with E-state index in [0.29, 0.717) is 32.0 Å². The van der Waals surface area contributed by atoms with Crippen molar-refractivity contribution in [2.45, 2.75) is 18.2 Å². The number of benzene rings is 2. The van der Waals surface area contributed by atoms with E-state index in [4.69, 9.17) is 4.74 Å². The van der Waals surface area contributed by atoms with Crippen molar-refractivity contribution in [3.05, 3.63) is 59.7 Å². The molecule has 0 bridgehead atoms. The van der Waals surface area contributed by atoms with Gasteiger partial charge in [0.2, 0.25) is 10.0 Å². The smallest absolute Gasteiger partial charge is 0.243 e. The lowest BCUT2D eigenvalue weighted by molar-refractivity contribution is 0.0730. The van der Waals surface area contributed by atoms with Crippen LogP contribution in [0.4, 0.5) is 5.69 Å². The Balaban J connectivity index is 1.79. The fraction of sp³-hybridized carbons (Fsp3) is 0.316. The second-order valence-electron chi connectivity index (χ2n) is 5.87. The molecule has 2 aromatic carbocycles. The first-order chi connectivity index (χ1) is 12.1. The molecule has 2 aromatic rings. The molecule has 132 valence electrons. The summed E-state index contributed by atoms with van der Waals surface area (Å²) in [4.78, 5) is 4.69. The fourth-order valence-corrected chi connectivity index (χ4v) is 4.10. The van der Waals surface area contributed by atoms with Crippen LogP contribution in [0.2, 0.25) is 0 Å². The number of hydrogen-bond donors (Lipinski definition) is 0. The van der Waals surface area contributed by atoms with E-state index in [0.717, 1.165) is 12.0 Å². The molecular weight excluding hydrogens is 336 g/mol. The number of ether oxygens (including phenoxy) is 1. The van der Waals surface area contributed by atoms with Gasteiger partial charge in [-0.3, -0.25) is 4.99 Å². The number of rotatable bonds is 5. The van der Waals surface area contributed by atoms with Crippen LogP contribution in [0.5, 0.6) is 0 Å². The first kappa shape index (κ1) is 17.8. The average molecular weight is 358 g/mol. The molecule has 0 spiro atoms. The minimum atomic E-state index is -3.50. The van der Waals surface area contributed by atoms with Gasteiger partial charge in [-0.1, -0.05) is 37.3 Å². The topological polar surface area (TPSA) is 59.0 Å². The van der Waals surface area contributed by atoms with Crippen LogP contribution < -0.4 is 0 Å². The van der Waals surface area contributed by atoms with Crippen LogP contribution in [0.1, 0.15) is 18.1 Å². The summed E-state index contributed by atoms with van der Waals surface area (Å²) in [6.45, 7) is 3.76. The highest BCUT2D eigenvalue weighted by Gasteiger charge is 2.26. The normalized spacial score (nSPS) is 16.4. The van der Waals surface area contributed by atoms with Crippen LogP contribution in [0.15, 0.2) is 58.4 Å². The second kappa shape index (κ2) is 7.91. The van der Waals surface area contributed by atoms with Gasteiger partial charge in [-0.25, -0.2) is 8.42 Å². The van der Waals surface area contributed by atoms with Gasteiger partial charge < -0.3 is 4.74 Å². The highest BCUT2D eigenvalue weighted by Crippen LogP contribution is 2.22. The van der Waals surface area contributed by atoms with Crippen molar-refractivity contribution >= 4 is 21.9 Å². The van der Waals surface area contributed by atoms with Crippen LogP contribution in [-0.2, 0) is 21.2 Å². The van der Waals surface area contributed by atoms with Crippen molar-refractivity contribution in [2.75, 3.05) is 26.3 Å². The quantitative estimate of drug-likeness (QED) is 0.772. The molecule has 1 aliphatic rings. The zero-order valence-corrected chi connectivity index (χ0v) is 15.1. The summed E-state index contributed by atoms with van der Waals surface area (Å²) in [7, 11) is -3.50. The van der Waals surface area contributed by atoms with E-state index in [2.05, 4.69) is 24.0 Å². The molecule has 25 heavy (non-hydrogen) atoms. The molecule has 0 saturated carbocycles. The van der Waals surface area contributed by atoms with Crippen molar-refractivity contribution < 1.29 is 13.2 Å². The van der Waals surface area contributed by atoms with E-state index in [1.165, 1.54) is 9.87 Å². The number of morpholine rings is 1. The Hall–Kier alpha value is -2.02. The maximum absolute atomic E-state index is 12.7. The summed E-state index contributed by atoms with van der Waals surface area (Å²) in [6.07, 6.45) is 2.75. The lowest BCUT2D eigenvalue weighted by atomic mass is 10.1. The van der Waals surface area contributed by atoms with Crippen molar-refractivity contribution in [1.29, 1.82) is 0 Å². The highest BCUT2D eigenvalue weighted by atomic mass is 32.2. The summed E-state index contributed by atoms with van der Waals surface area (Å²) < 4.78 is 32.1. The van der Waals surface area contributed by atoms with Gasteiger partial charge in [-0.05, 0) is 35.7 Å². The van der Waals surface area contributed by atoms with Gasteiger partial charge in [0, 0.05) is 19.3 Å². The van der Waals surface area contributed by atoms with Crippen molar-refractivity contribution in [2.24, 2.45) is 4.99 Å². The molecule has 6 heteroatoms. The highest BCUT2D eigenvalue weighted by molar-refractivity contribution is 7.89. The van der Waals surface area contributed by atoms with Crippen molar-refractivity contribution in [3.63, 3.8) is 0 Å². The van der Waals surface area contributed by atoms with Gasteiger partial charge in [0.15, 0.2) is 0 Å². The Morgan fingerprint density at radius 3 is 2.52 bits per heavy atom. The van der Waals surface area contributed by atoms with Crippen LogP contribution in [0, 0.1) is 0 Å². The monoisotopic (exact) mass is 358 g/mol. The standard InChI is InChI=1S/C19H22N2O3S/c1-2-16-6-8-17(9-7-16)15-20-18-4-3-5-19(14-18)25(22,23)21-10-12-24-13-11-21/h3-9,14-15H,2,10-13H2,1H3. The first-order valence-electron chi connectivity index (χ1n) is 8.40. The summed E-state index contributed by atoms with van der Waals surface area (Å²) in [5.74, 6) is 0. The van der Waals surface area contributed by atoms with Crippen LogP contribution >= 0.6 is 0 Å². The summed E-state index contributed by atoms with van der Waals surface area (Å²) in [6, 6.07) is 14.9. The molecule has 0 atom stereocenters. The molecule has 1 saturated heterocycles. The van der Waals surface area contributed by atoms with Crippen molar-refractivity contribution in [3.8, 4) is 0 Å². The molecule has 0 radical (unpaired) electrons. The molecule has 3 rings (SSSR count). The van der Waals surface area contributed by atoms with Gasteiger partial charge in [0.1, 0.15) is 0 Å². The van der Waals surface area contributed by atoms with E-state index in [9.17, 15) is 8.42 Å². The number of sulfonamides is 1. The van der Waals surface area contributed by atoms with E-state index >= 15 is 0 Å². The van der Waals surface area contributed by atoms with Gasteiger partial charge in [0.25, 0.3) is 0 Å². The molecule has 1 fully saturated rings. The number of nitrogens with zero attached hydrogens (tertiary/aromatic N) is 2. The Morgan fingerprint density at radius 1 is 1.12 bits per heavy atom. The average Bonchev–Trinajstić information content (AvgIpc) is 2.67. The van der Waals surface area contributed by atoms with Gasteiger partial charge in [-0.15, -0.1) is 0 Å². The molecule has 5 nitrogen and oxygen atoms in total. The zero-order valence-electron chi connectivity index (χ0n) is 14.3. The largest absolute Gasteiger partial charge is 0.379 e. The second-order valence-corrected chi connectivity index (χ2v) is 7.81. The van der Waals surface area contributed by atoms with E-state index in [1.54, 1.807) is 30.5 Å². The maximum Gasteiger partial charge on any atom is 0.243 e. The summed E-state index contributed by atoms with van der Waals surface area (Å²) >= 11 is 0. The zero-order chi connectivity index (χ0) is 17.7. The Labute approximate surface area is 149 Å². The first-order valence-corrected chi connectivity index (χ1v) is 9.84. The van der Waals surface area contributed by atoms with E-state index < -0.39 is 10.0 Å². The fourth-order valence-electron chi connectivity index (χ4n) is 2.65. The number of aliphatic imine (C=N–C) groups is 1. The molecule has 0 amide bonds. The van der Waals surface area contributed by atoms with Crippen LogP contribution in [-0.4, -0.2) is 45.2 Å². The van der Waals surface area contributed by atoms with E-state index in [1.807, 2.05) is 12.1 Å². The lowest BCUT2D eigenvalue weighted by Gasteiger charge is -2.26. The summed E-state index contributed by atoms with van der Waals surface area (Å²) in [5, 5.41) is 0. The van der Waals surface area contributed by atoms with Crippen LogP contribution in [0.25, 0.3) is 0 Å². The molecule has 0 unspecified atom stereocenters. The number of aryl methyl sites for hydroxylation is 1. The van der Waals surface area contributed by atoms with E-state index in [-0.39, 0.29) is 4.90 Å². The lowest BCUT2D eigenvalue weighted by Crippen LogP contribution is -2.40. The van der Waals surface area contributed by atoms with Crippen LogP contribution in [0.3, 0.4) is 0 Å². The van der Waals surface area contributed by atoms with Gasteiger partial charge >= 0.3 is 0 Å². The Morgan fingerprint density at radius 2 is 1.84 bits per heavy atom. The third-order valence-electron chi connectivity index (χ3n) is 4.18. The molecule has 1 heterocycles. The predicted molar refractivity (Wildman–Crippen MR) is 99.1 cm³/mol. The Kier molecular flexibility index (Phi) is 5.63. The van der Waals surface area contributed by atoms with Gasteiger partial charge in [-0.2, -0.15) is 4.31 Å². The maximum atomic E-state index is 12.7. The molecule has 0 N–H and O–H groups in total. The Bertz CT molecular complexity index is 839. The predicted octanol–water partition coefficient (Wildman–Crippen LogP) is 3.02. The van der Waals surface area contributed by atoms with Gasteiger partial charge in [0.05, 0.1) is 23.8 Å². The third-order valence-corrected chi connectivity index (χ3v) is 6.07.